The molecule has 0 radical (unpaired) electrons. The predicted octanol–water partition coefficient (Wildman–Crippen LogP) is 1.03. The van der Waals surface area contributed by atoms with E-state index in [1.807, 2.05) is 0 Å². The van der Waals surface area contributed by atoms with Crippen molar-refractivity contribution in [3.05, 3.63) is 0 Å². The van der Waals surface area contributed by atoms with E-state index in [-0.39, 0.29) is 13.1 Å². The lowest BCUT2D eigenvalue weighted by atomic mass is 9.99. The van der Waals surface area contributed by atoms with E-state index >= 15 is 0 Å². The Kier molecular flexibility index (Phi) is 5.40. The highest BCUT2D eigenvalue weighted by Gasteiger charge is 2.30. The quantitative estimate of drug-likeness (QED) is 0.756. The van der Waals surface area contributed by atoms with E-state index in [0.29, 0.717) is 19.4 Å². The molecule has 0 spiro atoms. The van der Waals surface area contributed by atoms with Gasteiger partial charge >= 0.3 is 18.4 Å². The zero-order valence-electron chi connectivity index (χ0n) is 10.1. The maximum absolute atomic E-state index is 11.7. The van der Waals surface area contributed by atoms with Crippen molar-refractivity contribution in [3.8, 4) is 0 Å². The first-order valence-electron chi connectivity index (χ1n) is 5.76. The third-order valence-corrected chi connectivity index (χ3v) is 2.70. The Bertz CT molecular complexity index is 335. The average molecular weight is 284 g/mol. The largest absolute Gasteiger partial charge is 0.522 e. The van der Waals surface area contributed by atoms with Crippen molar-refractivity contribution in [2.24, 2.45) is 5.92 Å². The molecule has 0 saturated carbocycles. The SMILES string of the molecule is O=C(O)C1CCCN(C(=O)NCCOC(F)(F)F)C1. The minimum absolute atomic E-state index is 0.0707. The monoisotopic (exact) mass is 284 g/mol. The van der Waals surface area contributed by atoms with Crippen molar-refractivity contribution < 1.29 is 32.6 Å². The van der Waals surface area contributed by atoms with Gasteiger partial charge in [0.25, 0.3) is 0 Å². The van der Waals surface area contributed by atoms with E-state index in [0.717, 1.165) is 0 Å². The van der Waals surface area contributed by atoms with Gasteiger partial charge in [0.2, 0.25) is 0 Å². The van der Waals surface area contributed by atoms with Gasteiger partial charge in [-0.1, -0.05) is 0 Å². The van der Waals surface area contributed by atoms with Crippen molar-refractivity contribution in [2.45, 2.75) is 19.2 Å². The molecule has 1 rings (SSSR count). The van der Waals surface area contributed by atoms with Crippen LogP contribution in [0.1, 0.15) is 12.8 Å². The fourth-order valence-electron chi connectivity index (χ4n) is 1.80. The number of carbonyl (C=O) groups excluding carboxylic acids is 1. The minimum Gasteiger partial charge on any atom is -0.481 e. The topological polar surface area (TPSA) is 78.9 Å². The maximum atomic E-state index is 11.7. The van der Waals surface area contributed by atoms with E-state index < -0.39 is 30.9 Å². The number of alkyl halides is 3. The van der Waals surface area contributed by atoms with Crippen molar-refractivity contribution in [1.29, 1.82) is 0 Å². The highest BCUT2D eigenvalue weighted by Crippen LogP contribution is 2.17. The number of ether oxygens (including phenoxy) is 1. The van der Waals surface area contributed by atoms with Gasteiger partial charge in [0, 0.05) is 19.6 Å². The summed E-state index contributed by atoms with van der Waals surface area (Å²) in [5.74, 6) is -1.59. The summed E-state index contributed by atoms with van der Waals surface area (Å²) in [7, 11) is 0. The van der Waals surface area contributed by atoms with E-state index in [9.17, 15) is 22.8 Å². The van der Waals surface area contributed by atoms with Crippen LogP contribution in [0.4, 0.5) is 18.0 Å². The van der Waals surface area contributed by atoms with Gasteiger partial charge in [-0.3, -0.25) is 9.53 Å². The maximum Gasteiger partial charge on any atom is 0.522 e. The molecule has 0 bridgehead atoms. The first-order valence-corrected chi connectivity index (χ1v) is 5.76. The Labute approximate surface area is 107 Å². The Morgan fingerprint density at radius 1 is 1.42 bits per heavy atom. The summed E-state index contributed by atoms with van der Waals surface area (Å²) in [5.41, 5.74) is 0. The van der Waals surface area contributed by atoms with Crippen LogP contribution in [0, 0.1) is 5.92 Å². The number of carbonyl (C=O) groups is 2. The number of likely N-dealkylation sites (tertiary alicyclic amines) is 1. The number of carboxylic acid groups (broad SMARTS) is 1. The number of nitrogens with one attached hydrogen (secondary N) is 1. The standard InChI is InChI=1S/C10H15F3N2O4/c11-10(12,13)19-5-3-14-9(18)15-4-1-2-7(6-15)8(16)17/h7H,1-6H2,(H,14,18)(H,16,17). The third kappa shape index (κ3) is 5.77. The number of hydrogen-bond acceptors (Lipinski definition) is 3. The van der Waals surface area contributed by atoms with Crippen molar-refractivity contribution in [3.63, 3.8) is 0 Å². The molecule has 19 heavy (non-hydrogen) atoms. The third-order valence-electron chi connectivity index (χ3n) is 2.70. The second-order valence-corrected chi connectivity index (χ2v) is 4.15. The van der Waals surface area contributed by atoms with Crippen LogP contribution in [0.2, 0.25) is 0 Å². The summed E-state index contributed by atoms with van der Waals surface area (Å²) in [5, 5.41) is 11.1. The van der Waals surface area contributed by atoms with E-state index in [1.165, 1.54) is 4.90 Å². The highest BCUT2D eigenvalue weighted by atomic mass is 19.4. The first-order chi connectivity index (χ1) is 8.79. The summed E-state index contributed by atoms with van der Waals surface area (Å²) in [6.45, 7) is -0.491. The van der Waals surface area contributed by atoms with Gasteiger partial charge < -0.3 is 15.3 Å². The molecule has 1 saturated heterocycles. The number of halogens is 3. The molecule has 1 unspecified atom stereocenters. The number of carboxylic acids is 1. The van der Waals surface area contributed by atoms with Gasteiger partial charge in [0.05, 0.1) is 12.5 Å². The molecule has 1 atom stereocenters. The fourth-order valence-corrected chi connectivity index (χ4v) is 1.80. The predicted molar refractivity (Wildman–Crippen MR) is 57.3 cm³/mol. The lowest BCUT2D eigenvalue weighted by Crippen LogP contribution is -2.47. The van der Waals surface area contributed by atoms with Gasteiger partial charge in [0.15, 0.2) is 0 Å². The van der Waals surface area contributed by atoms with Crippen LogP contribution in [0.5, 0.6) is 0 Å². The molecule has 2 amide bonds. The summed E-state index contributed by atoms with van der Waals surface area (Å²) in [4.78, 5) is 23.7. The van der Waals surface area contributed by atoms with Crippen molar-refractivity contribution in [2.75, 3.05) is 26.2 Å². The molecular formula is C10H15F3N2O4. The molecule has 110 valence electrons. The summed E-state index contributed by atoms with van der Waals surface area (Å²) < 4.78 is 38.5. The zero-order chi connectivity index (χ0) is 14.5. The molecule has 0 aromatic carbocycles. The van der Waals surface area contributed by atoms with E-state index in [2.05, 4.69) is 10.1 Å². The van der Waals surface area contributed by atoms with Crippen LogP contribution >= 0.6 is 0 Å². The average Bonchev–Trinajstić information content (AvgIpc) is 2.33. The van der Waals surface area contributed by atoms with Gasteiger partial charge in [-0.05, 0) is 12.8 Å². The molecule has 1 aliphatic rings. The van der Waals surface area contributed by atoms with Gasteiger partial charge in [-0.15, -0.1) is 13.2 Å². The molecule has 0 aromatic rings. The van der Waals surface area contributed by atoms with Crippen LogP contribution in [0.3, 0.4) is 0 Å². The number of nitrogens with zero attached hydrogens (tertiary/aromatic N) is 1. The highest BCUT2D eigenvalue weighted by molar-refractivity contribution is 5.76. The molecule has 1 heterocycles. The molecule has 9 heteroatoms. The molecular weight excluding hydrogens is 269 g/mol. The molecule has 6 nitrogen and oxygen atoms in total. The zero-order valence-corrected chi connectivity index (χ0v) is 10.1. The van der Waals surface area contributed by atoms with Crippen molar-refractivity contribution >= 4 is 12.0 Å². The molecule has 2 N–H and O–H groups in total. The second-order valence-electron chi connectivity index (χ2n) is 4.15. The lowest BCUT2D eigenvalue weighted by Gasteiger charge is -2.30. The number of rotatable bonds is 4. The first kappa shape index (κ1) is 15.5. The number of hydrogen-bond donors (Lipinski definition) is 2. The molecule has 1 aliphatic heterocycles. The lowest BCUT2D eigenvalue weighted by molar-refractivity contribution is -0.323. The van der Waals surface area contributed by atoms with Gasteiger partial charge in [-0.25, -0.2) is 4.79 Å². The van der Waals surface area contributed by atoms with Gasteiger partial charge in [0.1, 0.15) is 0 Å². The summed E-state index contributed by atoms with van der Waals surface area (Å²) in [6.07, 6.45) is -3.66. The molecule has 0 aliphatic carbocycles. The van der Waals surface area contributed by atoms with Gasteiger partial charge in [-0.2, -0.15) is 0 Å². The number of amides is 2. The van der Waals surface area contributed by atoms with Crippen LogP contribution < -0.4 is 5.32 Å². The molecule has 0 aromatic heterocycles. The Balaban J connectivity index is 2.27. The normalized spacial score (nSPS) is 20.2. The van der Waals surface area contributed by atoms with Crippen LogP contribution in [0.25, 0.3) is 0 Å². The van der Waals surface area contributed by atoms with Crippen LogP contribution in [0.15, 0.2) is 0 Å². The van der Waals surface area contributed by atoms with Crippen LogP contribution in [-0.4, -0.2) is 54.6 Å². The smallest absolute Gasteiger partial charge is 0.481 e. The number of urea groups is 1. The van der Waals surface area contributed by atoms with E-state index in [4.69, 9.17) is 5.11 Å². The van der Waals surface area contributed by atoms with E-state index in [1.54, 1.807) is 0 Å². The minimum atomic E-state index is -4.72. The number of aliphatic carboxylic acids is 1. The Morgan fingerprint density at radius 3 is 2.68 bits per heavy atom. The van der Waals surface area contributed by atoms with Crippen LogP contribution in [-0.2, 0) is 9.53 Å². The molecule has 1 fully saturated rings. The fraction of sp³-hybridized carbons (Fsp3) is 0.800. The summed E-state index contributed by atoms with van der Waals surface area (Å²) in [6, 6.07) is -0.572. The Morgan fingerprint density at radius 2 is 2.11 bits per heavy atom. The second kappa shape index (κ2) is 6.60. The number of piperidine rings is 1. The summed E-state index contributed by atoms with van der Waals surface area (Å²) >= 11 is 0. The Hall–Kier alpha value is -1.51. The van der Waals surface area contributed by atoms with Crippen molar-refractivity contribution in [1.82, 2.24) is 10.2 Å².